The van der Waals surface area contributed by atoms with E-state index in [4.69, 9.17) is 0 Å². The predicted molar refractivity (Wildman–Crippen MR) is 79.7 cm³/mol. The van der Waals surface area contributed by atoms with E-state index in [0.717, 1.165) is 42.9 Å². The molecule has 1 aliphatic heterocycles. The van der Waals surface area contributed by atoms with Gasteiger partial charge in [0.1, 0.15) is 0 Å². The minimum absolute atomic E-state index is 0.0408. The van der Waals surface area contributed by atoms with Gasteiger partial charge >= 0.3 is 0 Å². The third-order valence-electron chi connectivity index (χ3n) is 3.47. The van der Waals surface area contributed by atoms with E-state index in [1.807, 2.05) is 25.1 Å². The molecular formula is C15H21N3O2. The standard InChI is InChI=1S/C15H21N3O2/c1-10-8-13(5-6-14(10)17-11(2)19)18-15(20)12-4-3-7-16-9-12/h5-6,8,12,16H,3-4,7,9H2,1-2H3,(H,17,19)(H,18,20)/t12-/m0/s1. The molecule has 1 aromatic rings. The van der Waals surface area contributed by atoms with E-state index < -0.39 is 0 Å². The maximum absolute atomic E-state index is 12.1. The zero-order valence-corrected chi connectivity index (χ0v) is 12.0. The lowest BCUT2D eigenvalue weighted by Gasteiger charge is -2.22. The number of piperidine rings is 1. The van der Waals surface area contributed by atoms with E-state index in [2.05, 4.69) is 16.0 Å². The molecule has 1 aliphatic rings. The van der Waals surface area contributed by atoms with Crippen molar-refractivity contribution in [1.29, 1.82) is 0 Å². The van der Waals surface area contributed by atoms with Crippen molar-refractivity contribution >= 4 is 23.2 Å². The van der Waals surface area contributed by atoms with Gasteiger partial charge < -0.3 is 16.0 Å². The Kier molecular flexibility index (Phi) is 4.74. The maximum atomic E-state index is 12.1. The average molecular weight is 275 g/mol. The Labute approximate surface area is 119 Å². The molecule has 0 aromatic heterocycles. The molecule has 1 aromatic carbocycles. The van der Waals surface area contributed by atoms with Crippen LogP contribution in [0.2, 0.25) is 0 Å². The monoisotopic (exact) mass is 275 g/mol. The normalized spacial score (nSPS) is 18.4. The summed E-state index contributed by atoms with van der Waals surface area (Å²) < 4.78 is 0. The number of benzene rings is 1. The van der Waals surface area contributed by atoms with Crippen LogP contribution in [0.5, 0.6) is 0 Å². The van der Waals surface area contributed by atoms with Gasteiger partial charge in [-0.05, 0) is 50.1 Å². The summed E-state index contributed by atoms with van der Waals surface area (Å²) in [6, 6.07) is 5.50. The van der Waals surface area contributed by atoms with Crippen LogP contribution in [0.25, 0.3) is 0 Å². The quantitative estimate of drug-likeness (QED) is 0.789. The molecule has 1 heterocycles. The number of amides is 2. The summed E-state index contributed by atoms with van der Waals surface area (Å²) >= 11 is 0. The number of carbonyl (C=O) groups excluding carboxylic acids is 2. The van der Waals surface area contributed by atoms with Crippen molar-refractivity contribution < 1.29 is 9.59 Å². The molecule has 0 aliphatic carbocycles. The summed E-state index contributed by atoms with van der Waals surface area (Å²) in [5, 5.41) is 8.93. The summed E-state index contributed by atoms with van der Waals surface area (Å²) in [5.74, 6) is 0.00104. The minimum atomic E-state index is -0.0989. The first-order chi connectivity index (χ1) is 9.56. The number of anilines is 2. The second kappa shape index (κ2) is 6.52. The molecular weight excluding hydrogens is 254 g/mol. The lowest BCUT2D eigenvalue weighted by molar-refractivity contribution is -0.120. The Bertz CT molecular complexity index is 508. The summed E-state index contributed by atoms with van der Waals surface area (Å²) in [6.45, 7) is 5.12. The predicted octanol–water partition coefficient (Wildman–Crippen LogP) is 1.89. The molecule has 5 heteroatoms. The van der Waals surface area contributed by atoms with Crippen LogP contribution >= 0.6 is 0 Å². The van der Waals surface area contributed by atoms with Crippen molar-refractivity contribution in [2.75, 3.05) is 23.7 Å². The molecule has 108 valence electrons. The second-order valence-corrected chi connectivity index (χ2v) is 5.24. The lowest BCUT2D eigenvalue weighted by Crippen LogP contribution is -2.37. The van der Waals surface area contributed by atoms with Crippen LogP contribution in [0.15, 0.2) is 18.2 Å². The van der Waals surface area contributed by atoms with E-state index >= 15 is 0 Å². The van der Waals surface area contributed by atoms with Gasteiger partial charge in [-0.3, -0.25) is 9.59 Å². The van der Waals surface area contributed by atoms with Gasteiger partial charge in [0.05, 0.1) is 5.92 Å². The largest absolute Gasteiger partial charge is 0.326 e. The van der Waals surface area contributed by atoms with Gasteiger partial charge in [0, 0.05) is 24.8 Å². The Morgan fingerprint density at radius 3 is 2.70 bits per heavy atom. The smallest absolute Gasteiger partial charge is 0.228 e. The molecule has 2 rings (SSSR count). The molecule has 1 fully saturated rings. The van der Waals surface area contributed by atoms with Crippen molar-refractivity contribution in [3.63, 3.8) is 0 Å². The van der Waals surface area contributed by atoms with E-state index in [0.29, 0.717) is 0 Å². The van der Waals surface area contributed by atoms with Crippen molar-refractivity contribution in [2.45, 2.75) is 26.7 Å². The van der Waals surface area contributed by atoms with Crippen LogP contribution < -0.4 is 16.0 Å². The molecule has 2 amide bonds. The minimum Gasteiger partial charge on any atom is -0.326 e. The van der Waals surface area contributed by atoms with Crippen molar-refractivity contribution in [3.8, 4) is 0 Å². The zero-order valence-electron chi connectivity index (χ0n) is 12.0. The van der Waals surface area contributed by atoms with Crippen LogP contribution in [-0.2, 0) is 9.59 Å². The van der Waals surface area contributed by atoms with Gasteiger partial charge in [0.2, 0.25) is 11.8 Å². The Hall–Kier alpha value is -1.88. The Morgan fingerprint density at radius 2 is 2.10 bits per heavy atom. The van der Waals surface area contributed by atoms with Crippen molar-refractivity contribution in [3.05, 3.63) is 23.8 Å². The summed E-state index contributed by atoms with van der Waals surface area (Å²) in [4.78, 5) is 23.2. The first-order valence-electron chi connectivity index (χ1n) is 6.96. The number of rotatable bonds is 3. The van der Waals surface area contributed by atoms with E-state index in [9.17, 15) is 9.59 Å². The first-order valence-corrected chi connectivity index (χ1v) is 6.96. The van der Waals surface area contributed by atoms with E-state index in [1.54, 1.807) is 0 Å². The first kappa shape index (κ1) is 14.5. The molecule has 5 nitrogen and oxygen atoms in total. The highest BCUT2D eigenvalue weighted by atomic mass is 16.2. The SMILES string of the molecule is CC(=O)Nc1ccc(NC(=O)[C@H]2CCCNC2)cc1C. The molecule has 20 heavy (non-hydrogen) atoms. The highest BCUT2D eigenvalue weighted by Gasteiger charge is 2.20. The van der Waals surface area contributed by atoms with Gasteiger partial charge in [-0.15, -0.1) is 0 Å². The van der Waals surface area contributed by atoms with Crippen LogP contribution in [0.1, 0.15) is 25.3 Å². The topological polar surface area (TPSA) is 70.2 Å². The lowest BCUT2D eigenvalue weighted by atomic mass is 9.98. The number of nitrogens with one attached hydrogen (secondary N) is 3. The van der Waals surface area contributed by atoms with Crippen LogP contribution in [0.4, 0.5) is 11.4 Å². The Morgan fingerprint density at radius 1 is 1.30 bits per heavy atom. The zero-order chi connectivity index (χ0) is 14.5. The third-order valence-corrected chi connectivity index (χ3v) is 3.47. The fraction of sp³-hybridized carbons (Fsp3) is 0.467. The fourth-order valence-corrected chi connectivity index (χ4v) is 2.39. The highest BCUT2D eigenvalue weighted by Crippen LogP contribution is 2.21. The number of hydrogen-bond donors (Lipinski definition) is 3. The van der Waals surface area contributed by atoms with Crippen LogP contribution in [-0.4, -0.2) is 24.9 Å². The second-order valence-electron chi connectivity index (χ2n) is 5.24. The van der Waals surface area contributed by atoms with Gasteiger partial charge in [0.25, 0.3) is 0 Å². The maximum Gasteiger partial charge on any atom is 0.228 e. The Balaban J connectivity index is 2.00. The summed E-state index contributed by atoms with van der Waals surface area (Å²) in [7, 11) is 0. The average Bonchev–Trinajstić information content (AvgIpc) is 2.42. The van der Waals surface area contributed by atoms with Gasteiger partial charge in [-0.25, -0.2) is 0 Å². The molecule has 1 saturated heterocycles. The molecule has 0 bridgehead atoms. The number of aryl methyl sites for hydroxylation is 1. The molecule has 0 unspecified atom stereocenters. The van der Waals surface area contributed by atoms with E-state index in [1.165, 1.54) is 6.92 Å². The molecule has 1 atom stereocenters. The summed E-state index contributed by atoms with van der Waals surface area (Å²) in [5.41, 5.74) is 2.47. The van der Waals surface area contributed by atoms with Gasteiger partial charge in [-0.1, -0.05) is 0 Å². The molecule has 3 N–H and O–H groups in total. The molecule has 0 saturated carbocycles. The van der Waals surface area contributed by atoms with E-state index in [-0.39, 0.29) is 17.7 Å². The van der Waals surface area contributed by atoms with Crippen molar-refractivity contribution in [1.82, 2.24) is 5.32 Å². The van der Waals surface area contributed by atoms with Crippen molar-refractivity contribution in [2.24, 2.45) is 5.92 Å². The van der Waals surface area contributed by atoms with Gasteiger partial charge in [-0.2, -0.15) is 0 Å². The van der Waals surface area contributed by atoms with Gasteiger partial charge in [0.15, 0.2) is 0 Å². The molecule has 0 radical (unpaired) electrons. The third kappa shape index (κ3) is 3.81. The van der Waals surface area contributed by atoms with Crippen LogP contribution in [0, 0.1) is 12.8 Å². The fourth-order valence-electron chi connectivity index (χ4n) is 2.39. The van der Waals surface area contributed by atoms with Crippen LogP contribution in [0.3, 0.4) is 0 Å². The number of carbonyl (C=O) groups is 2. The summed E-state index contributed by atoms with van der Waals surface area (Å²) in [6.07, 6.45) is 1.97. The highest BCUT2D eigenvalue weighted by molar-refractivity contribution is 5.94. The molecule has 0 spiro atoms. The number of hydrogen-bond acceptors (Lipinski definition) is 3.